The predicted molar refractivity (Wildman–Crippen MR) is 171 cm³/mol. The van der Waals surface area contributed by atoms with Crippen molar-refractivity contribution in [3.63, 3.8) is 0 Å². The van der Waals surface area contributed by atoms with Gasteiger partial charge in [0, 0.05) is 83.8 Å². The molecule has 5 rings (SSSR count). The molecule has 5 fully saturated rings. The molecule has 4 saturated heterocycles. The molecule has 5 aliphatic rings. The van der Waals surface area contributed by atoms with Crippen molar-refractivity contribution < 1.29 is 39.5 Å². The van der Waals surface area contributed by atoms with Crippen molar-refractivity contribution in [2.45, 2.75) is 106 Å². The molecular weight excluding hydrogens is 621 g/mol. The maximum absolute atomic E-state index is 15.2. The number of amides is 1. The molecule has 7 N–H and O–H groups in total. The summed E-state index contributed by atoms with van der Waals surface area (Å²) < 4.78 is 21.3. The van der Waals surface area contributed by atoms with E-state index in [2.05, 4.69) is 15.5 Å². The van der Waals surface area contributed by atoms with Crippen molar-refractivity contribution in [1.82, 2.24) is 25.3 Å². The van der Waals surface area contributed by atoms with Crippen LogP contribution in [0.3, 0.4) is 0 Å². The van der Waals surface area contributed by atoms with Crippen molar-refractivity contribution in [3.8, 4) is 0 Å². The fraction of sp³-hybridized carbons (Fsp3) is 0.969. The van der Waals surface area contributed by atoms with Gasteiger partial charge in [-0.05, 0) is 56.8 Å². The first kappa shape index (κ1) is 36.6. The first-order chi connectivity index (χ1) is 22.1. The van der Waals surface area contributed by atoms with Crippen molar-refractivity contribution in [2.24, 2.45) is 17.3 Å². The second kappa shape index (κ2) is 16.8. The second-order valence-electron chi connectivity index (χ2n) is 14.8. The zero-order chi connectivity index (χ0) is 32.8. The molecule has 1 amide bonds. The van der Waals surface area contributed by atoms with Gasteiger partial charge in [-0.25, -0.2) is 4.39 Å². The highest BCUT2D eigenvalue weighted by Gasteiger charge is 2.49. The van der Waals surface area contributed by atoms with Crippen LogP contribution in [0.2, 0.25) is 0 Å². The largest absolute Gasteiger partial charge is 0.394 e. The lowest BCUT2D eigenvalue weighted by molar-refractivity contribution is -0.135. The normalized spacial score (nSPS) is 33.9. The number of alkyl halides is 2. The summed E-state index contributed by atoms with van der Waals surface area (Å²) in [4.78, 5) is 19.4. The molecule has 0 radical (unpaired) electrons. The Morgan fingerprint density at radius 2 is 1.67 bits per heavy atom. The molecule has 0 aromatic carbocycles. The van der Waals surface area contributed by atoms with Crippen LogP contribution in [-0.2, 0) is 9.53 Å². The van der Waals surface area contributed by atoms with Crippen LogP contribution in [-0.4, -0.2) is 167 Å². The lowest BCUT2D eigenvalue weighted by Gasteiger charge is -2.49. The number of likely N-dealkylation sites (tertiary alicyclic amines) is 3. The minimum Gasteiger partial charge on any atom is -0.394 e. The summed E-state index contributed by atoms with van der Waals surface area (Å²) >= 11 is 6.16. The summed E-state index contributed by atoms with van der Waals surface area (Å²) in [6.45, 7) is 6.43. The summed E-state index contributed by atoms with van der Waals surface area (Å²) in [6.07, 6.45) is 0.464. The third-order valence-electron chi connectivity index (χ3n) is 11.2. The zero-order valence-corrected chi connectivity index (χ0v) is 27.8. The number of aliphatic hydroxyl groups excluding tert-OH is 5. The van der Waals surface area contributed by atoms with E-state index in [0.29, 0.717) is 51.5 Å². The van der Waals surface area contributed by atoms with E-state index in [1.54, 1.807) is 0 Å². The molecule has 12 nitrogen and oxygen atoms in total. The van der Waals surface area contributed by atoms with E-state index >= 15 is 4.39 Å². The van der Waals surface area contributed by atoms with E-state index in [1.165, 1.54) is 12.8 Å². The minimum atomic E-state index is -1.64. The van der Waals surface area contributed by atoms with Crippen LogP contribution in [0.25, 0.3) is 0 Å². The quantitative estimate of drug-likeness (QED) is 0.0934. The Balaban J connectivity index is 0.921. The molecule has 7 atom stereocenters. The molecule has 0 bridgehead atoms. The molecule has 4 aliphatic heterocycles. The predicted octanol–water partition coefficient (Wildman–Crippen LogP) is -0.554. The molecule has 3 unspecified atom stereocenters. The molecule has 266 valence electrons. The number of halogens is 2. The van der Waals surface area contributed by atoms with Crippen LogP contribution in [0.1, 0.15) is 57.8 Å². The number of hydrogen-bond donors (Lipinski definition) is 7. The minimum absolute atomic E-state index is 0.00301. The molecule has 4 heterocycles. The Morgan fingerprint density at radius 3 is 2.35 bits per heavy atom. The van der Waals surface area contributed by atoms with E-state index < -0.39 is 37.2 Å². The number of ether oxygens (including phenoxy) is 1. The highest BCUT2D eigenvalue weighted by atomic mass is 35.5. The number of aliphatic hydroxyl groups is 5. The first-order valence-corrected chi connectivity index (χ1v) is 17.9. The fourth-order valence-electron chi connectivity index (χ4n) is 8.25. The van der Waals surface area contributed by atoms with Crippen molar-refractivity contribution >= 4 is 17.5 Å². The highest BCUT2D eigenvalue weighted by molar-refractivity contribution is 6.21. The molecule has 1 saturated carbocycles. The maximum Gasteiger partial charge on any atom is 0.222 e. The van der Waals surface area contributed by atoms with Crippen LogP contribution < -0.4 is 10.6 Å². The van der Waals surface area contributed by atoms with Gasteiger partial charge in [0.25, 0.3) is 0 Å². The summed E-state index contributed by atoms with van der Waals surface area (Å²) in [7, 11) is 0. The van der Waals surface area contributed by atoms with Gasteiger partial charge in [-0.15, -0.1) is 11.6 Å². The molecular formula is C32H57ClFN5O7. The standard InChI is InChI=1S/C32H57ClFN5O7/c33-23-14-35-31(36-15-23)38-8-5-21(6-9-38)2-1-11-46-24-4-3-22(25(34)13-24)12-28(43)39-10-7-32(20-39)18-37(19-32)16-26(41)29(44)30(45)27(42)17-40/h21-27,29-31,35-36,40-42,44-45H,1-20H2/t22?,23?,24?,25?,26-,27+,29+,30+,31?/m0/s1. The van der Waals surface area contributed by atoms with Gasteiger partial charge in [0.1, 0.15) is 30.8 Å². The van der Waals surface area contributed by atoms with Gasteiger partial charge in [0.2, 0.25) is 5.91 Å². The average molecular weight is 678 g/mol. The van der Waals surface area contributed by atoms with Gasteiger partial charge in [0.15, 0.2) is 0 Å². The maximum atomic E-state index is 15.2. The summed E-state index contributed by atoms with van der Waals surface area (Å²) in [5.74, 6) is 0.439. The fourth-order valence-corrected chi connectivity index (χ4v) is 8.43. The average Bonchev–Trinajstić information content (AvgIpc) is 3.49. The number of nitrogens with one attached hydrogen (secondary N) is 2. The number of nitrogens with zero attached hydrogens (tertiary/aromatic N) is 3. The molecule has 14 heteroatoms. The Kier molecular flexibility index (Phi) is 13.4. The van der Waals surface area contributed by atoms with Gasteiger partial charge in [-0.2, -0.15) is 0 Å². The van der Waals surface area contributed by atoms with Crippen molar-refractivity contribution in [1.29, 1.82) is 0 Å². The lowest BCUT2D eigenvalue weighted by Crippen LogP contribution is -2.62. The lowest BCUT2D eigenvalue weighted by atomic mass is 9.78. The van der Waals surface area contributed by atoms with Gasteiger partial charge in [-0.1, -0.05) is 0 Å². The van der Waals surface area contributed by atoms with Crippen LogP contribution in [0, 0.1) is 17.3 Å². The Labute approximate surface area is 277 Å². The number of carbonyl (C=O) groups is 1. The summed E-state index contributed by atoms with van der Waals surface area (Å²) in [6, 6.07) is 0. The topological polar surface area (TPSA) is 161 Å². The summed E-state index contributed by atoms with van der Waals surface area (Å²) in [5, 5.41) is 55.8. The second-order valence-corrected chi connectivity index (χ2v) is 15.4. The van der Waals surface area contributed by atoms with E-state index in [1.807, 2.05) is 9.80 Å². The Morgan fingerprint density at radius 1 is 0.978 bits per heavy atom. The number of hydrogen-bond acceptors (Lipinski definition) is 11. The van der Waals surface area contributed by atoms with Crippen LogP contribution in [0.5, 0.6) is 0 Å². The Hall–Kier alpha value is -0.710. The number of piperidine rings is 1. The van der Waals surface area contributed by atoms with E-state index in [4.69, 9.17) is 21.4 Å². The smallest absolute Gasteiger partial charge is 0.222 e. The van der Waals surface area contributed by atoms with E-state index in [-0.39, 0.29) is 48.0 Å². The van der Waals surface area contributed by atoms with Gasteiger partial charge >= 0.3 is 0 Å². The highest BCUT2D eigenvalue weighted by Crippen LogP contribution is 2.41. The van der Waals surface area contributed by atoms with Crippen molar-refractivity contribution in [3.05, 3.63) is 0 Å². The Bertz CT molecular complexity index is 954. The van der Waals surface area contributed by atoms with Crippen LogP contribution in [0.4, 0.5) is 4.39 Å². The van der Waals surface area contributed by atoms with E-state index in [0.717, 1.165) is 51.9 Å². The first-order valence-electron chi connectivity index (χ1n) is 17.5. The SMILES string of the molecule is O=C(CC1CCC(OCCCC2CCN(C3NCC(Cl)CN3)CC2)CC1F)N1CCC2(CN(C[C@H](O)[C@@H](O)[C@H](O)[C@H](O)CO)C2)C1. The van der Waals surface area contributed by atoms with Crippen LogP contribution in [0.15, 0.2) is 0 Å². The van der Waals surface area contributed by atoms with Gasteiger partial charge < -0.3 is 35.2 Å². The molecule has 1 spiro atoms. The molecule has 0 aromatic rings. The monoisotopic (exact) mass is 677 g/mol. The molecule has 1 aliphatic carbocycles. The summed E-state index contributed by atoms with van der Waals surface area (Å²) in [5.41, 5.74) is -0.0700. The zero-order valence-electron chi connectivity index (χ0n) is 27.1. The number of carbonyl (C=O) groups excluding carboxylic acids is 1. The van der Waals surface area contributed by atoms with Gasteiger partial charge in [0.05, 0.1) is 24.2 Å². The third kappa shape index (κ3) is 9.50. The number of rotatable bonds is 14. The third-order valence-corrected chi connectivity index (χ3v) is 11.5. The number of β-amino-alcohol motifs (C(OH)–C–C–N with tert-alkyl or cyclic N) is 1. The van der Waals surface area contributed by atoms with E-state index in [9.17, 15) is 25.2 Å². The molecule has 0 aromatic heterocycles. The van der Waals surface area contributed by atoms with Gasteiger partial charge in [-0.3, -0.25) is 25.2 Å². The molecule has 46 heavy (non-hydrogen) atoms. The van der Waals surface area contributed by atoms with Crippen molar-refractivity contribution in [2.75, 3.05) is 72.1 Å². The van der Waals surface area contributed by atoms with Crippen LogP contribution >= 0.6 is 11.6 Å².